The molecule has 0 bridgehead atoms. The van der Waals surface area contributed by atoms with Crippen molar-refractivity contribution < 1.29 is 0 Å². The fourth-order valence-electron chi connectivity index (χ4n) is 3.40. The monoisotopic (exact) mass is 297 g/mol. The molecule has 1 aliphatic heterocycles. The highest BCUT2D eigenvalue weighted by Crippen LogP contribution is 2.51. The second-order valence-corrected chi connectivity index (χ2v) is 5.67. The summed E-state index contributed by atoms with van der Waals surface area (Å²) in [6.45, 7) is 0. The van der Waals surface area contributed by atoms with Gasteiger partial charge < -0.3 is 5.32 Å². The van der Waals surface area contributed by atoms with Gasteiger partial charge in [0.1, 0.15) is 0 Å². The van der Waals surface area contributed by atoms with E-state index in [1.54, 1.807) is 6.20 Å². The first kappa shape index (κ1) is 13.5. The number of benzene rings is 2. The second kappa shape index (κ2) is 5.26. The number of aromatic nitrogens is 1. The zero-order valence-electron chi connectivity index (χ0n) is 12.5. The summed E-state index contributed by atoms with van der Waals surface area (Å²) in [4.78, 5) is 4.55. The molecular weight excluding hydrogens is 282 g/mol. The van der Waals surface area contributed by atoms with E-state index in [4.69, 9.17) is 0 Å². The number of nitriles is 1. The summed E-state index contributed by atoms with van der Waals surface area (Å²) >= 11 is 0. The number of fused-ring (bicyclic) bond motifs is 1. The fraction of sp³-hybridized carbons (Fsp3) is 0.100. The van der Waals surface area contributed by atoms with Crippen LogP contribution in [0.1, 0.15) is 22.9 Å². The summed E-state index contributed by atoms with van der Waals surface area (Å²) in [5.74, 6) is 0. The molecule has 110 valence electrons. The van der Waals surface area contributed by atoms with E-state index in [9.17, 15) is 5.26 Å². The average molecular weight is 297 g/mol. The van der Waals surface area contributed by atoms with Crippen molar-refractivity contribution in [3.8, 4) is 6.07 Å². The summed E-state index contributed by atoms with van der Waals surface area (Å²) in [7, 11) is 0. The number of pyridine rings is 1. The lowest BCUT2D eigenvalue weighted by atomic mass is 9.72. The first-order valence-corrected chi connectivity index (χ1v) is 7.60. The highest BCUT2D eigenvalue weighted by atomic mass is 15.0. The molecule has 1 aliphatic rings. The van der Waals surface area contributed by atoms with Gasteiger partial charge >= 0.3 is 0 Å². The molecule has 0 unspecified atom stereocenters. The van der Waals surface area contributed by atoms with Crippen molar-refractivity contribution in [2.75, 3.05) is 5.32 Å². The second-order valence-electron chi connectivity index (χ2n) is 5.67. The van der Waals surface area contributed by atoms with Crippen molar-refractivity contribution in [3.63, 3.8) is 0 Å². The molecule has 0 spiro atoms. The summed E-state index contributed by atoms with van der Waals surface area (Å²) in [6, 6.07) is 26.3. The van der Waals surface area contributed by atoms with Gasteiger partial charge in [-0.1, -0.05) is 60.7 Å². The van der Waals surface area contributed by atoms with E-state index in [2.05, 4.69) is 28.5 Å². The minimum Gasteiger partial charge on any atom is -0.374 e. The van der Waals surface area contributed by atoms with Gasteiger partial charge in [0.2, 0.25) is 0 Å². The molecule has 0 fully saturated rings. The van der Waals surface area contributed by atoms with Crippen LogP contribution in [0.2, 0.25) is 0 Å². The Labute approximate surface area is 135 Å². The highest BCUT2D eigenvalue weighted by molar-refractivity contribution is 5.68. The Morgan fingerprint density at radius 2 is 1.61 bits per heavy atom. The quantitative estimate of drug-likeness (QED) is 0.776. The van der Waals surface area contributed by atoms with Crippen LogP contribution in [0.3, 0.4) is 0 Å². The Hall–Kier alpha value is -3.12. The Balaban J connectivity index is 2.00. The standard InChI is InChI=1S/C20H15N3/c21-14-20(16-10-5-2-6-11-16)18(15-8-3-1-4-9-15)23-17-12-7-13-22-19(17)20/h1-13,18,23H/t18-,20-/m1/s1. The van der Waals surface area contributed by atoms with Crippen LogP contribution < -0.4 is 5.32 Å². The van der Waals surface area contributed by atoms with Gasteiger partial charge in [-0.05, 0) is 23.3 Å². The van der Waals surface area contributed by atoms with E-state index in [0.29, 0.717) is 0 Å². The summed E-state index contributed by atoms with van der Waals surface area (Å²) in [6.07, 6.45) is 1.75. The first-order valence-electron chi connectivity index (χ1n) is 7.60. The van der Waals surface area contributed by atoms with E-state index in [0.717, 1.165) is 22.5 Å². The summed E-state index contributed by atoms with van der Waals surface area (Å²) < 4.78 is 0. The van der Waals surface area contributed by atoms with Crippen LogP contribution in [-0.2, 0) is 5.41 Å². The Morgan fingerprint density at radius 1 is 0.913 bits per heavy atom. The number of hydrogen-bond acceptors (Lipinski definition) is 3. The third kappa shape index (κ3) is 1.92. The zero-order valence-corrected chi connectivity index (χ0v) is 12.5. The van der Waals surface area contributed by atoms with Crippen LogP contribution in [0.15, 0.2) is 79.0 Å². The molecule has 2 aromatic carbocycles. The minimum atomic E-state index is -0.834. The predicted octanol–water partition coefficient (Wildman–Crippen LogP) is 4.06. The third-order valence-electron chi connectivity index (χ3n) is 4.45. The van der Waals surface area contributed by atoms with Crippen LogP contribution in [-0.4, -0.2) is 4.98 Å². The van der Waals surface area contributed by atoms with Gasteiger partial charge in [-0.15, -0.1) is 0 Å². The predicted molar refractivity (Wildman–Crippen MR) is 89.9 cm³/mol. The summed E-state index contributed by atoms with van der Waals surface area (Å²) in [5.41, 5.74) is 2.92. The smallest absolute Gasteiger partial charge is 0.150 e. The molecule has 0 aliphatic carbocycles. The number of hydrogen-bond donors (Lipinski definition) is 1. The molecule has 0 radical (unpaired) electrons. The van der Waals surface area contributed by atoms with Gasteiger partial charge in [0, 0.05) is 6.20 Å². The molecule has 3 nitrogen and oxygen atoms in total. The van der Waals surface area contributed by atoms with Gasteiger partial charge in [0.25, 0.3) is 0 Å². The van der Waals surface area contributed by atoms with Crippen molar-refractivity contribution in [3.05, 3.63) is 95.8 Å². The lowest BCUT2D eigenvalue weighted by Crippen LogP contribution is -2.32. The SMILES string of the molecule is N#C[C@]1(c2ccccc2)c2ncccc2N[C@@H]1c1ccccc1. The average Bonchev–Trinajstić information content (AvgIpc) is 2.98. The Kier molecular flexibility index (Phi) is 3.09. The van der Waals surface area contributed by atoms with Gasteiger partial charge in [0.15, 0.2) is 5.41 Å². The Bertz CT molecular complexity index is 868. The van der Waals surface area contributed by atoms with Crippen molar-refractivity contribution in [2.24, 2.45) is 0 Å². The van der Waals surface area contributed by atoms with E-state index in [-0.39, 0.29) is 6.04 Å². The van der Waals surface area contributed by atoms with Gasteiger partial charge in [0.05, 0.1) is 23.5 Å². The summed E-state index contributed by atoms with van der Waals surface area (Å²) in [5, 5.41) is 13.7. The normalized spacial score (nSPS) is 22.0. The van der Waals surface area contributed by atoms with Gasteiger partial charge in [-0.25, -0.2) is 0 Å². The first-order chi connectivity index (χ1) is 11.4. The molecular formula is C20H15N3. The van der Waals surface area contributed by atoms with Crippen molar-refractivity contribution in [2.45, 2.75) is 11.5 Å². The molecule has 2 atom stereocenters. The van der Waals surface area contributed by atoms with Crippen LogP contribution >= 0.6 is 0 Å². The lowest BCUT2D eigenvalue weighted by molar-refractivity contribution is 0.574. The number of rotatable bonds is 2. The maximum atomic E-state index is 10.2. The minimum absolute atomic E-state index is 0.166. The number of nitrogens with one attached hydrogen (secondary N) is 1. The molecule has 3 heteroatoms. The lowest BCUT2D eigenvalue weighted by Gasteiger charge is -2.29. The molecule has 23 heavy (non-hydrogen) atoms. The molecule has 1 N–H and O–H groups in total. The molecule has 0 saturated carbocycles. The van der Waals surface area contributed by atoms with Crippen molar-refractivity contribution in [1.29, 1.82) is 5.26 Å². The maximum absolute atomic E-state index is 10.2. The zero-order chi connectivity index (χ0) is 15.7. The number of anilines is 1. The van der Waals surface area contributed by atoms with E-state index in [1.807, 2.05) is 60.7 Å². The van der Waals surface area contributed by atoms with Crippen LogP contribution in [0.4, 0.5) is 5.69 Å². The van der Waals surface area contributed by atoms with Crippen LogP contribution in [0.5, 0.6) is 0 Å². The molecule has 0 saturated heterocycles. The van der Waals surface area contributed by atoms with Gasteiger partial charge in [-0.2, -0.15) is 5.26 Å². The molecule has 0 amide bonds. The van der Waals surface area contributed by atoms with Crippen molar-refractivity contribution in [1.82, 2.24) is 4.98 Å². The largest absolute Gasteiger partial charge is 0.374 e. The number of nitrogens with zero attached hydrogens (tertiary/aromatic N) is 2. The topological polar surface area (TPSA) is 48.7 Å². The molecule has 4 rings (SSSR count). The maximum Gasteiger partial charge on any atom is 0.150 e. The van der Waals surface area contributed by atoms with E-state index >= 15 is 0 Å². The van der Waals surface area contributed by atoms with E-state index in [1.165, 1.54) is 0 Å². The fourth-order valence-corrected chi connectivity index (χ4v) is 3.40. The van der Waals surface area contributed by atoms with Crippen molar-refractivity contribution >= 4 is 5.69 Å². The highest BCUT2D eigenvalue weighted by Gasteiger charge is 2.50. The van der Waals surface area contributed by atoms with E-state index < -0.39 is 5.41 Å². The van der Waals surface area contributed by atoms with Gasteiger partial charge in [-0.3, -0.25) is 4.98 Å². The molecule has 3 aromatic rings. The Morgan fingerprint density at radius 3 is 2.30 bits per heavy atom. The molecule has 1 aromatic heterocycles. The van der Waals surface area contributed by atoms with Crippen LogP contribution in [0.25, 0.3) is 0 Å². The van der Waals surface area contributed by atoms with Crippen LogP contribution in [0, 0.1) is 11.3 Å². The molecule has 2 heterocycles. The third-order valence-corrected chi connectivity index (χ3v) is 4.45.